The molecule has 88 valence electrons. The van der Waals surface area contributed by atoms with Gasteiger partial charge in [0.25, 0.3) is 0 Å². The van der Waals surface area contributed by atoms with Gasteiger partial charge in [-0.15, -0.1) is 11.3 Å². The molecule has 2 aromatic rings. The van der Waals surface area contributed by atoms with E-state index in [0.717, 1.165) is 9.21 Å². The molecule has 2 heterocycles. The first kappa shape index (κ1) is 12.3. The molecule has 0 amide bonds. The Balaban J connectivity index is 2.14. The van der Waals surface area contributed by atoms with Gasteiger partial charge in [-0.1, -0.05) is 23.2 Å². The minimum absolute atomic E-state index is 0.140. The summed E-state index contributed by atoms with van der Waals surface area (Å²) >= 11 is 13.1. The summed E-state index contributed by atoms with van der Waals surface area (Å²) in [5, 5.41) is 3.16. The maximum Gasteiger partial charge on any atom is 0.156 e. The second-order valence-electron chi connectivity index (χ2n) is 3.10. The third-order valence-electron chi connectivity index (χ3n) is 2.01. The molecule has 0 saturated carbocycles. The van der Waals surface area contributed by atoms with E-state index >= 15 is 0 Å². The molecule has 0 atom stereocenters. The van der Waals surface area contributed by atoms with Crippen LogP contribution in [0, 0.1) is 0 Å². The number of nitrogens with zero attached hydrogens (tertiary/aromatic N) is 2. The van der Waals surface area contributed by atoms with Crippen molar-refractivity contribution in [3.8, 4) is 0 Å². The normalized spacial score (nSPS) is 10.2. The third kappa shape index (κ3) is 2.94. The summed E-state index contributed by atoms with van der Waals surface area (Å²) in [5.41, 5.74) is 0.261. The Morgan fingerprint density at radius 3 is 2.82 bits per heavy atom. The zero-order valence-corrected chi connectivity index (χ0v) is 10.8. The van der Waals surface area contributed by atoms with E-state index in [4.69, 9.17) is 23.2 Å². The summed E-state index contributed by atoms with van der Waals surface area (Å²) in [6.07, 6.45) is 1.94. The number of carbonyl (C=O) groups excluding carboxylic acids is 1. The number of nitrogens with one attached hydrogen (secondary N) is 1. The number of aldehydes is 1. The number of halogens is 2. The smallest absolute Gasteiger partial charge is 0.156 e. The van der Waals surface area contributed by atoms with Gasteiger partial charge in [0.1, 0.15) is 17.3 Å². The molecule has 17 heavy (non-hydrogen) atoms. The molecule has 0 bridgehead atoms. The second-order valence-corrected chi connectivity index (χ2v) is 5.26. The number of hydrogen-bond donors (Lipinski definition) is 1. The van der Waals surface area contributed by atoms with E-state index in [0.29, 0.717) is 18.6 Å². The molecule has 0 saturated heterocycles. The van der Waals surface area contributed by atoms with E-state index in [-0.39, 0.29) is 10.7 Å². The van der Waals surface area contributed by atoms with E-state index in [1.165, 1.54) is 17.7 Å². The molecule has 2 rings (SSSR count). The van der Waals surface area contributed by atoms with Crippen LogP contribution in [-0.2, 0) is 6.54 Å². The minimum Gasteiger partial charge on any atom is -0.364 e. The Labute approximate surface area is 112 Å². The average molecular weight is 288 g/mol. The second kappa shape index (κ2) is 5.44. The number of rotatable bonds is 4. The Hall–Kier alpha value is -1.17. The number of anilines is 1. The molecule has 0 aliphatic carbocycles. The lowest BCUT2D eigenvalue weighted by Crippen LogP contribution is -2.04. The summed E-state index contributed by atoms with van der Waals surface area (Å²) in [5.74, 6) is 0.421. The fourth-order valence-electron chi connectivity index (χ4n) is 1.24. The van der Waals surface area contributed by atoms with Crippen LogP contribution >= 0.6 is 34.5 Å². The van der Waals surface area contributed by atoms with Crippen molar-refractivity contribution < 1.29 is 4.79 Å². The van der Waals surface area contributed by atoms with Crippen molar-refractivity contribution in [1.82, 2.24) is 9.97 Å². The Kier molecular flexibility index (Phi) is 3.93. The highest BCUT2D eigenvalue weighted by Crippen LogP contribution is 2.23. The van der Waals surface area contributed by atoms with Crippen LogP contribution in [0.4, 0.5) is 5.82 Å². The summed E-state index contributed by atoms with van der Waals surface area (Å²) in [6, 6.07) is 3.72. The lowest BCUT2D eigenvalue weighted by atomic mass is 10.3. The molecule has 0 unspecified atom stereocenters. The van der Waals surface area contributed by atoms with Crippen LogP contribution in [0.1, 0.15) is 15.2 Å². The fraction of sp³-hybridized carbons (Fsp3) is 0.100. The highest BCUT2D eigenvalue weighted by molar-refractivity contribution is 7.16. The van der Waals surface area contributed by atoms with Crippen molar-refractivity contribution in [2.75, 3.05) is 5.32 Å². The van der Waals surface area contributed by atoms with Crippen molar-refractivity contribution in [3.63, 3.8) is 0 Å². The van der Waals surface area contributed by atoms with Gasteiger partial charge < -0.3 is 5.32 Å². The van der Waals surface area contributed by atoms with Gasteiger partial charge in [-0.25, -0.2) is 9.97 Å². The molecule has 0 radical (unpaired) electrons. The quantitative estimate of drug-likeness (QED) is 0.693. The van der Waals surface area contributed by atoms with Crippen molar-refractivity contribution in [2.45, 2.75) is 6.54 Å². The summed E-state index contributed by atoms with van der Waals surface area (Å²) in [7, 11) is 0. The molecule has 1 N–H and O–H groups in total. The number of hydrogen-bond acceptors (Lipinski definition) is 5. The van der Waals surface area contributed by atoms with E-state index in [1.54, 1.807) is 0 Å². The van der Waals surface area contributed by atoms with Gasteiger partial charge in [0.05, 0.1) is 16.4 Å². The molecule has 0 spiro atoms. The predicted octanol–water partition coefficient (Wildman–Crippen LogP) is 3.27. The van der Waals surface area contributed by atoms with Gasteiger partial charge in [-0.3, -0.25) is 4.79 Å². The molecule has 7 heteroatoms. The van der Waals surface area contributed by atoms with Crippen molar-refractivity contribution in [3.05, 3.63) is 38.4 Å². The largest absolute Gasteiger partial charge is 0.364 e. The first-order valence-electron chi connectivity index (χ1n) is 4.64. The van der Waals surface area contributed by atoms with Gasteiger partial charge in [-0.05, 0) is 12.1 Å². The molecular weight excluding hydrogens is 281 g/mol. The van der Waals surface area contributed by atoms with Crippen LogP contribution < -0.4 is 5.32 Å². The first-order valence-corrected chi connectivity index (χ1v) is 6.21. The monoisotopic (exact) mass is 287 g/mol. The van der Waals surface area contributed by atoms with Gasteiger partial charge >= 0.3 is 0 Å². The maximum atomic E-state index is 10.8. The highest BCUT2D eigenvalue weighted by atomic mass is 35.5. The molecule has 0 aliphatic rings. The molecule has 0 aliphatic heterocycles. The summed E-state index contributed by atoms with van der Waals surface area (Å²) < 4.78 is 0.720. The topological polar surface area (TPSA) is 54.9 Å². The minimum atomic E-state index is 0.140. The van der Waals surface area contributed by atoms with E-state index < -0.39 is 0 Å². The van der Waals surface area contributed by atoms with Gasteiger partial charge in [0, 0.05) is 4.88 Å². The first-order chi connectivity index (χ1) is 8.20. The fourth-order valence-corrected chi connectivity index (χ4v) is 2.44. The SMILES string of the molecule is O=Cc1c(Cl)ncnc1NCc1ccc(Cl)s1. The zero-order valence-electron chi connectivity index (χ0n) is 8.48. The summed E-state index contributed by atoms with van der Waals surface area (Å²) in [6.45, 7) is 0.533. The number of aromatic nitrogens is 2. The lowest BCUT2D eigenvalue weighted by molar-refractivity contribution is 0.112. The van der Waals surface area contributed by atoms with E-state index in [1.807, 2.05) is 12.1 Å². The molecule has 4 nitrogen and oxygen atoms in total. The molecule has 2 aromatic heterocycles. The number of thiophene rings is 1. The standard InChI is InChI=1S/C10H7Cl2N3OS/c11-8-2-1-6(17-8)3-13-10-7(4-16)9(12)14-5-15-10/h1-2,4-5H,3H2,(H,13,14,15). The molecular formula is C10H7Cl2N3OS. The average Bonchev–Trinajstić information content (AvgIpc) is 2.72. The zero-order chi connectivity index (χ0) is 12.3. The highest BCUT2D eigenvalue weighted by Gasteiger charge is 2.08. The maximum absolute atomic E-state index is 10.8. The van der Waals surface area contributed by atoms with Gasteiger partial charge in [-0.2, -0.15) is 0 Å². The van der Waals surface area contributed by atoms with Crippen LogP contribution in [0.5, 0.6) is 0 Å². The Bertz CT molecular complexity index is 544. The van der Waals surface area contributed by atoms with Crippen molar-refractivity contribution in [1.29, 1.82) is 0 Å². The third-order valence-corrected chi connectivity index (χ3v) is 3.54. The Morgan fingerprint density at radius 1 is 1.35 bits per heavy atom. The van der Waals surface area contributed by atoms with Crippen LogP contribution in [0.3, 0.4) is 0 Å². The van der Waals surface area contributed by atoms with Crippen molar-refractivity contribution in [2.24, 2.45) is 0 Å². The lowest BCUT2D eigenvalue weighted by Gasteiger charge is -2.06. The van der Waals surface area contributed by atoms with Gasteiger partial charge in [0.15, 0.2) is 6.29 Å². The van der Waals surface area contributed by atoms with Crippen LogP contribution in [-0.4, -0.2) is 16.3 Å². The van der Waals surface area contributed by atoms with Crippen LogP contribution in [0.25, 0.3) is 0 Å². The molecule has 0 fully saturated rings. The predicted molar refractivity (Wildman–Crippen MR) is 69.1 cm³/mol. The van der Waals surface area contributed by atoms with E-state index in [9.17, 15) is 4.79 Å². The molecule has 0 aromatic carbocycles. The number of carbonyl (C=O) groups is 1. The van der Waals surface area contributed by atoms with E-state index in [2.05, 4.69) is 15.3 Å². The Morgan fingerprint density at radius 2 is 2.18 bits per heavy atom. The van der Waals surface area contributed by atoms with Crippen molar-refractivity contribution >= 4 is 46.6 Å². The van der Waals surface area contributed by atoms with Crippen LogP contribution in [0.15, 0.2) is 18.5 Å². The van der Waals surface area contributed by atoms with Gasteiger partial charge in [0.2, 0.25) is 0 Å². The van der Waals surface area contributed by atoms with Crippen LogP contribution in [0.2, 0.25) is 9.49 Å². The summed E-state index contributed by atoms with van der Waals surface area (Å²) in [4.78, 5) is 19.6.